The summed E-state index contributed by atoms with van der Waals surface area (Å²) in [6, 6.07) is 26.8. The van der Waals surface area contributed by atoms with Crippen molar-refractivity contribution in [2.45, 2.75) is 6.04 Å². The molecule has 1 atom stereocenters. The second kappa shape index (κ2) is 11.3. The third-order valence-corrected chi connectivity index (χ3v) is 4.95. The summed E-state index contributed by atoms with van der Waals surface area (Å²) in [4.78, 5) is 37.8. The van der Waals surface area contributed by atoms with Crippen LogP contribution in [0.25, 0.3) is 0 Å². The van der Waals surface area contributed by atoms with Gasteiger partial charge >= 0.3 is 0 Å². The van der Waals surface area contributed by atoms with E-state index in [0.29, 0.717) is 22.7 Å². The Bertz CT molecular complexity index is 1270. The van der Waals surface area contributed by atoms with Crippen LogP contribution in [0.15, 0.2) is 108 Å². The number of carbonyl (C=O) groups excluding carboxylic acids is 3. The Hall–Kier alpha value is -4.85. The minimum absolute atomic E-state index is 0.177. The minimum Gasteiger partial charge on any atom is -0.484 e. The monoisotopic (exact) mass is 469 g/mol. The molecule has 8 nitrogen and oxygen atoms in total. The van der Waals surface area contributed by atoms with Gasteiger partial charge in [-0.2, -0.15) is 0 Å². The van der Waals surface area contributed by atoms with Gasteiger partial charge in [0.15, 0.2) is 12.4 Å². The van der Waals surface area contributed by atoms with Crippen molar-refractivity contribution < 1.29 is 23.5 Å². The van der Waals surface area contributed by atoms with Gasteiger partial charge in [-0.25, -0.2) is 0 Å². The molecule has 4 rings (SSSR count). The largest absolute Gasteiger partial charge is 0.484 e. The third kappa shape index (κ3) is 6.58. The molecule has 0 aliphatic heterocycles. The van der Waals surface area contributed by atoms with E-state index in [1.165, 1.54) is 6.26 Å². The molecule has 0 radical (unpaired) electrons. The number of ether oxygens (including phenoxy) is 1. The molecule has 1 aromatic heterocycles. The van der Waals surface area contributed by atoms with Crippen LogP contribution in [0.4, 0.5) is 11.4 Å². The molecule has 176 valence electrons. The van der Waals surface area contributed by atoms with E-state index in [4.69, 9.17) is 9.15 Å². The molecule has 8 heteroatoms. The summed E-state index contributed by atoms with van der Waals surface area (Å²) >= 11 is 0. The number of carbonyl (C=O) groups is 3. The van der Waals surface area contributed by atoms with E-state index >= 15 is 0 Å². The molecule has 3 aromatic carbocycles. The number of rotatable bonds is 9. The zero-order valence-electron chi connectivity index (χ0n) is 18.6. The van der Waals surface area contributed by atoms with E-state index in [0.717, 1.165) is 0 Å². The molecule has 0 spiro atoms. The van der Waals surface area contributed by atoms with Gasteiger partial charge in [-0.1, -0.05) is 54.6 Å². The Morgan fingerprint density at radius 3 is 2.20 bits per heavy atom. The lowest BCUT2D eigenvalue weighted by molar-refractivity contribution is -0.128. The van der Waals surface area contributed by atoms with E-state index in [1.54, 1.807) is 72.8 Å². The van der Waals surface area contributed by atoms with Crippen LogP contribution in [0.5, 0.6) is 5.75 Å². The molecule has 0 aliphatic rings. The van der Waals surface area contributed by atoms with E-state index < -0.39 is 17.9 Å². The molecule has 0 fully saturated rings. The number of furan rings is 1. The van der Waals surface area contributed by atoms with Crippen molar-refractivity contribution in [3.05, 3.63) is 115 Å². The van der Waals surface area contributed by atoms with Gasteiger partial charge in [-0.05, 0) is 42.0 Å². The van der Waals surface area contributed by atoms with Crippen molar-refractivity contribution in [2.24, 2.45) is 0 Å². The predicted octanol–water partition coefficient (Wildman–Crippen LogP) is 4.41. The number of hydrogen-bond acceptors (Lipinski definition) is 5. The van der Waals surface area contributed by atoms with Gasteiger partial charge in [0.05, 0.1) is 6.26 Å². The number of para-hydroxylation sites is 1. The zero-order valence-corrected chi connectivity index (χ0v) is 18.6. The summed E-state index contributed by atoms with van der Waals surface area (Å²) in [6.07, 6.45) is 1.41. The first-order valence-electron chi connectivity index (χ1n) is 10.9. The zero-order chi connectivity index (χ0) is 24.5. The van der Waals surface area contributed by atoms with Gasteiger partial charge < -0.3 is 25.1 Å². The Labute approximate surface area is 201 Å². The number of benzene rings is 3. The van der Waals surface area contributed by atoms with E-state index in [-0.39, 0.29) is 18.3 Å². The Morgan fingerprint density at radius 2 is 1.49 bits per heavy atom. The molecular weight excluding hydrogens is 446 g/mol. The summed E-state index contributed by atoms with van der Waals surface area (Å²) < 4.78 is 10.7. The lowest BCUT2D eigenvalue weighted by Crippen LogP contribution is -2.39. The topological polar surface area (TPSA) is 110 Å². The van der Waals surface area contributed by atoms with Crippen LogP contribution in [0.1, 0.15) is 22.2 Å². The molecule has 4 aromatic rings. The molecule has 3 amide bonds. The van der Waals surface area contributed by atoms with Crippen LogP contribution in [-0.4, -0.2) is 24.3 Å². The molecule has 0 aliphatic carbocycles. The maximum absolute atomic E-state index is 13.0. The van der Waals surface area contributed by atoms with Crippen molar-refractivity contribution in [3.8, 4) is 5.75 Å². The maximum Gasteiger partial charge on any atom is 0.291 e. The number of nitrogens with one attached hydrogen (secondary N) is 3. The summed E-state index contributed by atoms with van der Waals surface area (Å²) in [7, 11) is 0. The van der Waals surface area contributed by atoms with Gasteiger partial charge in [0.2, 0.25) is 0 Å². The summed E-state index contributed by atoms with van der Waals surface area (Å²) in [5.41, 5.74) is 1.74. The van der Waals surface area contributed by atoms with E-state index in [9.17, 15) is 14.4 Å². The summed E-state index contributed by atoms with van der Waals surface area (Å²) in [5.74, 6) is -0.704. The second-order valence-corrected chi connectivity index (χ2v) is 7.51. The lowest BCUT2D eigenvalue weighted by atomic mass is 10.1. The smallest absolute Gasteiger partial charge is 0.291 e. The normalized spacial score (nSPS) is 11.2. The molecule has 3 N–H and O–H groups in total. The van der Waals surface area contributed by atoms with Crippen LogP contribution < -0.4 is 20.7 Å². The van der Waals surface area contributed by atoms with Crippen LogP contribution in [-0.2, 0) is 9.59 Å². The van der Waals surface area contributed by atoms with Gasteiger partial charge in [-0.3, -0.25) is 14.4 Å². The number of anilines is 2. The Balaban J connectivity index is 1.38. The average molecular weight is 469 g/mol. The summed E-state index contributed by atoms with van der Waals surface area (Å²) in [5, 5.41) is 8.24. The predicted molar refractivity (Wildman–Crippen MR) is 131 cm³/mol. The molecule has 1 heterocycles. The van der Waals surface area contributed by atoms with Crippen molar-refractivity contribution in [1.82, 2.24) is 5.32 Å². The first-order chi connectivity index (χ1) is 17.1. The van der Waals surface area contributed by atoms with E-state index in [2.05, 4.69) is 16.0 Å². The first kappa shape index (κ1) is 23.3. The quantitative estimate of drug-likeness (QED) is 0.336. The SMILES string of the molecule is O=C(COc1cccc(NC(=O)c2ccco2)c1)NC(C(=O)Nc1ccccc1)c1ccccc1. The Kier molecular flexibility index (Phi) is 7.55. The fraction of sp³-hybridized carbons (Fsp3) is 0.0741. The van der Waals surface area contributed by atoms with E-state index in [1.807, 2.05) is 24.3 Å². The van der Waals surface area contributed by atoms with Crippen LogP contribution in [0.3, 0.4) is 0 Å². The molecule has 0 saturated heterocycles. The average Bonchev–Trinajstić information content (AvgIpc) is 3.43. The maximum atomic E-state index is 13.0. The molecule has 35 heavy (non-hydrogen) atoms. The molecule has 0 saturated carbocycles. The standard InChI is InChI=1S/C27H23N3O5/c31-24(18-35-22-14-7-13-21(17-22)29-26(32)23-15-8-16-34-23)30-25(19-9-3-1-4-10-19)27(33)28-20-11-5-2-6-12-20/h1-17,25H,18H2,(H,28,33)(H,29,32)(H,30,31). The lowest BCUT2D eigenvalue weighted by Gasteiger charge is -2.19. The van der Waals surface area contributed by atoms with Crippen molar-refractivity contribution in [1.29, 1.82) is 0 Å². The van der Waals surface area contributed by atoms with Gasteiger partial charge in [-0.15, -0.1) is 0 Å². The van der Waals surface area contributed by atoms with Gasteiger partial charge in [0, 0.05) is 17.4 Å². The van der Waals surface area contributed by atoms with Crippen LogP contribution in [0, 0.1) is 0 Å². The van der Waals surface area contributed by atoms with Crippen molar-refractivity contribution >= 4 is 29.1 Å². The highest BCUT2D eigenvalue weighted by Crippen LogP contribution is 2.19. The first-order valence-corrected chi connectivity index (χ1v) is 10.9. The summed E-state index contributed by atoms with van der Waals surface area (Å²) in [6.45, 7) is -0.322. The van der Waals surface area contributed by atoms with Gasteiger partial charge in [0.25, 0.3) is 17.7 Å². The molecular formula is C27H23N3O5. The molecule has 1 unspecified atom stereocenters. The highest BCUT2D eigenvalue weighted by molar-refractivity contribution is 6.02. The number of hydrogen-bond donors (Lipinski definition) is 3. The third-order valence-electron chi connectivity index (χ3n) is 4.95. The highest BCUT2D eigenvalue weighted by atomic mass is 16.5. The number of amides is 3. The molecule has 0 bridgehead atoms. The van der Waals surface area contributed by atoms with Crippen LogP contribution >= 0.6 is 0 Å². The Morgan fingerprint density at radius 1 is 0.771 bits per heavy atom. The van der Waals surface area contributed by atoms with Crippen molar-refractivity contribution in [3.63, 3.8) is 0 Å². The minimum atomic E-state index is -0.911. The second-order valence-electron chi connectivity index (χ2n) is 7.51. The van der Waals surface area contributed by atoms with Crippen molar-refractivity contribution in [2.75, 3.05) is 17.2 Å². The fourth-order valence-corrected chi connectivity index (χ4v) is 3.30. The highest BCUT2D eigenvalue weighted by Gasteiger charge is 2.23. The fourth-order valence-electron chi connectivity index (χ4n) is 3.30. The van der Waals surface area contributed by atoms with Crippen LogP contribution in [0.2, 0.25) is 0 Å². The van der Waals surface area contributed by atoms with Gasteiger partial charge in [0.1, 0.15) is 11.8 Å².